The van der Waals surface area contributed by atoms with Crippen LogP contribution < -0.4 is 37.2 Å². The summed E-state index contributed by atoms with van der Waals surface area (Å²) in [6.07, 6.45) is 19.9. The second kappa shape index (κ2) is 39.5. The Hall–Kier alpha value is -5.41. The van der Waals surface area contributed by atoms with E-state index in [2.05, 4.69) is 180 Å². The Bertz CT molecular complexity index is 3920. The number of hydrogen-bond acceptors (Lipinski definition) is 23. The Morgan fingerprint density at radius 1 is 0.441 bits per heavy atom. The molecule has 10 aliphatic heterocycles. The number of urea groups is 2. The van der Waals surface area contributed by atoms with Crippen molar-refractivity contribution in [2.75, 3.05) is 111 Å². The minimum absolute atomic E-state index is 0.135. The zero-order chi connectivity index (χ0) is 83.7. The minimum atomic E-state index is -1.26. The molecular weight excluding hydrogens is 1550 g/mol. The van der Waals surface area contributed by atoms with Gasteiger partial charge in [-0.15, -0.1) is 71.8 Å². The molecule has 0 aromatic rings. The predicted octanol–water partition coefficient (Wildman–Crippen LogP) is 1.02. The fraction of sp³-hybridized carbons (Fsp3) is 0.573. The van der Waals surface area contributed by atoms with Crippen LogP contribution in [0, 0.1) is 11.8 Å². The van der Waals surface area contributed by atoms with Crippen molar-refractivity contribution < 1.29 is 99.0 Å². The number of ether oxygens (including phenoxy) is 5. The van der Waals surface area contributed by atoms with Gasteiger partial charge in [0.05, 0.1) is 42.7 Å². The summed E-state index contributed by atoms with van der Waals surface area (Å²) in [6.45, 7) is 35.2. The van der Waals surface area contributed by atoms with Crippen LogP contribution in [0.1, 0.15) is 39.0 Å². The number of thiocarbonyl (C=S) groups is 1. The van der Waals surface area contributed by atoms with Gasteiger partial charge in [0.25, 0.3) is 11.8 Å². The van der Waals surface area contributed by atoms with Crippen molar-refractivity contribution in [2.45, 2.75) is 161 Å². The average molecular weight is 1670 g/mol. The van der Waals surface area contributed by atoms with Crippen molar-refractivity contribution in [3.63, 3.8) is 0 Å². The molecule has 2 unspecified atom stereocenters. The van der Waals surface area contributed by atoms with Crippen molar-refractivity contribution in [1.82, 2.24) is 51.9 Å². The summed E-state index contributed by atoms with van der Waals surface area (Å²) >= 11 is 4.99. The molecular formula is C75H121N10O20P5S. The second-order valence-electron chi connectivity index (χ2n) is 32.4. The van der Waals surface area contributed by atoms with Crippen LogP contribution in [-0.4, -0.2) is 365 Å². The molecule has 18 N–H and O–H groups in total. The van der Waals surface area contributed by atoms with Gasteiger partial charge in [-0.2, -0.15) is 0 Å². The van der Waals surface area contributed by atoms with Crippen molar-refractivity contribution >= 4 is 107 Å². The lowest BCUT2D eigenvalue weighted by Crippen LogP contribution is -2.48. The van der Waals surface area contributed by atoms with Gasteiger partial charge in [-0.05, 0) is 149 Å². The summed E-state index contributed by atoms with van der Waals surface area (Å²) in [6, 6.07) is -0.668. The average Bonchev–Trinajstić information content (AvgIpc) is 1.70. The number of rotatable bonds is 21. The molecule has 0 radical (unpaired) electrons. The molecule has 0 spiro atoms. The lowest BCUT2D eigenvalue weighted by Gasteiger charge is -2.34. The lowest BCUT2D eigenvalue weighted by atomic mass is 9.99. The van der Waals surface area contributed by atoms with Crippen molar-refractivity contribution in [3.05, 3.63) is 120 Å². The van der Waals surface area contributed by atoms with E-state index in [1.807, 2.05) is 0 Å². The van der Waals surface area contributed by atoms with Crippen molar-refractivity contribution in [2.24, 2.45) is 0 Å². The van der Waals surface area contributed by atoms with E-state index in [1.165, 1.54) is 33.3 Å². The third-order valence-corrected chi connectivity index (χ3v) is 26.8. The molecule has 36 heteroatoms. The summed E-state index contributed by atoms with van der Waals surface area (Å²) < 4.78 is 29.2. The number of nitrogens with zero attached hydrogens (tertiary/aromatic N) is 3. The number of hydrogen-bond donors (Lipinski definition) is 18. The van der Waals surface area contributed by atoms with E-state index < -0.39 is 163 Å². The largest absolute Gasteiger partial charge is 0.391 e. The molecule has 622 valence electrons. The van der Waals surface area contributed by atoms with Gasteiger partial charge in [0, 0.05) is 71.9 Å². The first-order valence-electron chi connectivity index (χ1n) is 36.1. The number of nitrogens with one attached hydrogen (secondary N) is 7. The molecule has 20 atom stereocenters. The Labute approximate surface area is 659 Å². The van der Waals surface area contributed by atoms with E-state index in [9.17, 15) is 75.3 Å². The van der Waals surface area contributed by atoms with Crippen LogP contribution in [0.15, 0.2) is 120 Å². The second-order valence-corrected chi connectivity index (χ2v) is 54.4. The molecule has 6 amide bonds. The van der Waals surface area contributed by atoms with Crippen molar-refractivity contribution in [3.8, 4) is 11.8 Å². The summed E-state index contributed by atoms with van der Waals surface area (Å²) in [5, 5.41) is 131. The van der Waals surface area contributed by atoms with Gasteiger partial charge >= 0.3 is 12.1 Å². The summed E-state index contributed by atoms with van der Waals surface area (Å²) in [5.74, 6) is 5.09. The van der Waals surface area contributed by atoms with Gasteiger partial charge in [0.15, 0.2) is 17.6 Å². The first kappa shape index (κ1) is 94.4. The molecule has 10 heterocycles. The highest BCUT2D eigenvalue weighted by Crippen LogP contribution is 2.44. The molecule has 0 aromatic heterocycles. The molecule has 30 nitrogen and oxygen atoms in total. The molecule has 0 bridgehead atoms. The normalized spacial score (nSPS) is 32.4. The minimum Gasteiger partial charge on any atom is -0.391 e. The zero-order valence-electron chi connectivity index (χ0n) is 65.9. The van der Waals surface area contributed by atoms with Gasteiger partial charge in [-0.1, -0.05) is 38.8 Å². The fourth-order valence-corrected chi connectivity index (χ4v) is 17.7. The molecule has 111 heavy (non-hydrogen) atoms. The Kier molecular flexibility index (Phi) is 33.6. The molecule has 0 aromatic carbocycles. The number of carbonyl (C=O) groups is 4. The molecule has 10 rings (SSSR count). The van der Waals surface area contributed by atoms with Gasteiger partial charge in [-0.3, -0.25) is 9.59 Å². The van der Waals surface area contributed by atoms with Crippen LogP contribution in [-0.2, 0) is 33.3 Å². The maximum absolute atomic E-state index is 11.9. The standard InChI is InChI=1S/C17H25N2O4P.C15H25N2O5P.C15H25N2O4P.C14H23N2O4P.C14H23N2O3PS/c1-6-7-12-10-19(11(2)18-16(12)22)17-15(21)14(20)13(23-17)8-9-24(3,4)5;1-9-16-14(21)10(8-18)7-17(9)15-13(20)12(19)11(22-15)5-6-23(2,3)4;1-9-10(8-17(2)15(20)16-9)14-13(19)12(18)11(21-14)6-7-22(3,4)5;1-8-9(7-15-14(19)16-8)13-12(18)11(17)10(20-13)5-6-21(2,3)4;1-8-9(7-15-14(21)16-8)13-12(18)11(17)10(19-13)5-6-20(2,3)4/h10,13-15,17,20-21H,2-3,8-9H2,1,4-5H3,(H,18,22);7,11-13,15,18-20H,1-2,5-6,8H2,3-4H3,(H,16,21);8,11-14,18-19H,1,3,6-7H2,2,4-5H3,(H,16,20);7,10-13,17-18H,1-2,5-6H2,3-4H3,(H2,15,16,19);7,10-13,17-18H,1-2,5-6H2,3-4H3,(H2,15,16,21)/t13-,14-,15-,17-;11-,12-,13-,15?;11-,12-,13-,14+;10-,11-,12-,13+;10-,11?,12-,13+/m11111/s1. The van der Waals surface area contributed by atoms with Gasteiger partial charge in [0.1, 0.15) is 96.6 Å². The Morgan fingerprint density at radius 3 is 1.14 bits per heavy atom. The quantitative estimate of drug-likeness (QED) is 0.0433. The first-order valence-corrected chi connectivity index (χ1v) is 51.8. The van der Waals surface area contributed by atoms with E-state index in [-0.39, 0.29) is 46.9 Å². The summed E-state index contributed by atoms with van der Waals surface area (Å²) in [7, 11) is 1.60. The monoisotopic (exact) mass is 1670 g/mol. The van der Waals surface area contributed by atoms with Crippen LogP contribution in [0.4, 0.5) is 9.59 Å². The van der Waals surface area contributed by atoms with E-state index in [4.69, 9.17) is 35.9 Å². The van der Waals surface area contributed by atoms with E-state index in [0.717, 1.165) is 30.8 Å². The van der Waals surface area contributed by atoms with E-state index in [1.54, 1.807) is 26.4 Å². The van der Waals surface area contributed by atoms with E-state index in [0.29, 0.717) is 71.0 Å². The number of aliphatic hydroxyl groups is 11. The summed E-state index contributed by atoms with van der Waals surface area (Å²) in [4.78, 5) is 50.5. The Balaban J connectivity index is 0.000000217. The van der Waals surface area contributed by atoms with Crippen LogP contribution in [0.2, 0.25) is 0 Å². The number of aliphatic hydroxyl groups excluding tert-OH is 11. The van der Waals surface area contributed by atoms with Crippen molar-refractivity contribution in [1.29, 1.82) is 0 Å². The predicted molar refractivity (Wildman–Crippen MR) is 454 cm³/mol. The van der Waals surface area contributed by atoms with Gasteiger partial charge < -0.3 is 132 Å². The van der Waals surface area contributed by atoms with Crippen LogP contribution >= 0.6 is 46.6 Å². The maximum Gasteiger partial charge on any atom is 0.325 e. The smallest absolute Gasteiger partial charge is 0.325 e. The number of carbonyl (C=O) groups excluding carboxylic acids is 4. The van der Waals surface area contributed by atoms with Crippen LogP contribution in [0.5, 0.6) is 0 Å². The highest BCUT2D eigenvalue weighted by molar-refractivity contribution is 7.80. The third kappa shape index (κ3) is 26.6. The van der Waals surface area contributed by atoms with Crippen LogP contribution in [0.3, 0.4) is 0 Å². The zero-order valence-corrected chi connectivity index (χ0v) is 71.2. The topological polar surface area (TPSA) is 431 Å². The highest BCUT2D eigenvalue weighted by Gasteiger charge is 2.51. The van der Waals surface area contributed by atoms with E-state index >= 15 is 0 Å². The number of amides is 6. The maximum atomic E-state index is 11.9. The Morgan fingerprint density at radius 2 is 0.775 bits per heavy atom. The molecule has 5 fully saturated rings. The molecule has 0 aliphatic carbocycles. The lowest BCUT2D eigenvalue weighted by molar-refractivity contribution is -0.120. The van der Waals surface area contributed by atoms with Gasteiger partial charge in [0.2, 0.25) is 0 Å². The summed E-state index contributed by atoms with van der Waals surface area (Å²) in [5.41, 5.74) is 3.55. The first-order chi connectivity index (χ1) is 51.2. The molecule has 10 aliphatic rings. The highest BCUT2D eigenvalue weighted by atomic mass is 32.1. The fourth-order valence-electron chi connectivity index (χ4n) is 12.8. The van der Waals surface area contributed by atoms with Crippen LogP contribution in [0.25, 0.3) is 0 Å². The third-order valence-electron chi connectivity index (χ3n) is 19.2. The molecule has 0 saturated carbocycles. The molecule has 5 saturated heterocycles. The SMILES string of the molecule is C=C1NC(=O)C(C#CC)=CN1[C@@H]1O[C@H](CCP(=C)(C)C)[C@@H](O)[C@H]1O.C=C1NC(=O)C(CO)=CN1C1O[C@H](CCP(=C)(C)C)[C@@H](O)[C@H]1O.C=C1NC(=O)N(C)C=C1[C@@H]1O[C@H](CCP(=C)(C)C)[C@@H](O)[C@H]1O.C=C1NC(=O)NC=C1[C@@H]1O[C@H](CCP(=C)(C)C)[C@@H](O)[C@H]1O.C=C1NC(=S)NC=C1[C@@H]1O[C@H](CCP(=C)(C)C)C(O)[C@H]1O. The van der Waals surface area contributed by atoms with Gasteiger partial charge in [-0.25, -0.2) is 9.59 Å².